The Kier molecular flexibility index (Phi) is 8.53. The Morgan fingerprint density at radius 2 is 1.53 bits per heavy atom. The lowest BCUT2D eigenvalue weighted by Crippen LogP contribution is -2.25. The summed E-state index contributed by atoms with van der Waals surface area (Å²) in [6.07, 6.45) is 0. The molecule has 0 spiro atoms. The monoisotopic (exact) mass is 630 g/mol. The molecule has 45 heavy (non-hydrogen) atoms. The average molecular weight is 631 g/mol. The number of hydrogen-bond donors (Lipinski definition) is 3. The molecule has 1 aliphatic heterocycles. The number of carboxylic acids is 1. The van der Waals surface area contributed by atoms with Gasteiger partial charge in [0, 0.05) is 66.7 Å². The van der Waals surface area contributed by atoms with E-state index in [0.29, 0.717) is 28.2 Å². The van der Waals surface area contributed by atoms with Crippen molar-refractivity contribution in [2.75, 3.05) is 51.6 Å². The van der Waals surface area contributed by atoms with Crippen LogP contribution in [0.15, 0.2) is 83.3 Å². The van der Waals surface area contributed by atoms with Gasteiger partial charge in [-0.1, -0.05) is 12.1 Å². The SMILES string of the molecule is CN(C)c1ccc2c(-c3ccc(C(=O)CN(C)c4ccc(OP(=O)(O)O)cc4)cc3C(=O)O)c3ccc(=[N+](C)C)cc-3oc2c1. The average Bonchev–Trinajstić information content (AvgIpc) is 2.98. The van der Waals surface area contributed by atoms with Gasteiger partial charge in [-0.25, -0.2) is 13.9 Å². The topological polar surface area (TPSA) is 144 Å². The first-order valence-electron chi connectivity index (χ1n) is 13.9. The Bertz CT molecular complexity index is 2020. The number of hydrogen-bond acceptors (Lipinski definition) is 7. The van der Waals surface area contributed by atoms with E-state index in [9.17, 15) is 19.3 Å². The van der Waals surface area contributed by atoms with E-state index in [1.807, 2.05) is 74.1 Å². The number of nitrogens with zero attached hydrogens (tertiary/aromatic N) is 3. The number of carbonyl (C=O) groups is 2. The smallest absolute Gasteiger partial charge is 0.478 e. The summed E-state index contributed by atoms with van der Waals surface area (Å²) in [5.41, 5.74) is 4.19. The molecule has 5 rings (SSSR count). The van der Waals surface area contributed by atoms with Crippen molar-refractivity contribution in [2.45, 2.75) is 0 Å². The summed E-state index contributed by atoms with van der Waals surface area (Å²) in [5, 5.41) is 12.0. The van der Waals surface area contributed by atoms with Crippen molar-refractivity contribution in [1.82, 2.24) is 4.58 Å². The Balaban J connectivity index is 1.56. The standard InChI is InChI=1S/C33H32N3O8P/c1-34(2)22-9-14-26-30(17-22)43-31-18-23(35(3)4)10-15-27(31)32(26)25-13-6-20(16-28(25)33(38)39)29(37)19-36(5)21-7-11-24(12-8-21)44-45(40,41)42/h6-18H,19H2,1-5H3,(H2-,38,39,40,41,42)/p+1. The fourth-order valence-electron chi connectivity index (χ4n) is 5.12. The van der Waals surface area contributed by atoms with E-state index in [1.165, 1.54) is 18.2 Å². The van der Waals surface area contributed by atoms with Gasteiger partial charge in [-0.15, -0.1) is 0 Å². The zero-order valence-corrected chi connectivity index (χ0v) is 26.3. The summed E-state index contributed by atoms with van der Waals surface area (Å²) in [4.78, 5) is 47.6. The molecular weight excluding hydrogens is 597 g/mol. The number of likely N-dealkylation sites (N-methyl/N-ethyl adjacent to an activating group) is 1. The summed E-state index contributed by atoms with van der Waals surface area (Å²) in [5.74, 6) is -0.912. The number of phosphoric ester groups is 1. The first kappa shape index (κ1) is 31.5. The largest absolute Gasteiger partial charge is 0.524 e. The number of Topliss-reactive ketones (excluding diaryl/α,β-unsaturated/α-hetero) is 1. The van der Waals surface area contributed by atoms with Crippen molar-refractivity contribution in [2.24, 2.45) is 0 Å². The van der Waals surface area contributed by atoms with Crippen LogP contribution in [0.1, 0.15) is 20.7 Å². The molecule has 1 aliphatic carbocycles. The van der Waals surface area contributed by atoms with Crippen LogP contribution in [0.2, 0.25) is 0 Å². The molecule has 0 atom stereocenters. The Hall–Kier alpha value is -4.96. The highest BCUT2D eigenvalue weighted by Gasteiger charge is 2.24. The minimum absolute atomic E-state index is 0.0156. The van der Waals surface area contributed by atoms with Crippen LogP contribution < -0.4 is 24.3 Å². The second-order valence-corrected chi connectivity index (χ2v) is 12.2. The molecule has 3 aromatic rings. The number of benzene rings is 4. The van der Waals surface area contributed by atoms with Gasteiger partial charge in [0.15, 0.2) is 5.78 Å². The Morgan fingerprint density at radius 3 is 2.16 bits per heavy atom. The molecule has 0 amide bonds. The Labute approximate surface area is 259 Å². The van der Waals surface area contributed by atoms with E-state index in [4.69, 9.17) is 14.2 Å². The van der Waals surface area contributed by atoms with Crippen molar-refractivity contribution in [3.05, 3.63) is 95.3 Å². The maximum absolute atomic E-state index is 13.3. The van der Waals surface area contributed by atoms with Crippen LogP contribution in [0.5, 0.6) is 5.75 Å². The fraction of sp³-hybridized carbons (Fsp3) is 0.182. The predicted molar refractivity (Wildman–Crippen MR) is 173 cm³/mol. The van der Waals surface area contributed by atoms with Gasteiger partial charge in [-0.3, -0.25) is 14.6 Å². The molecular formula is C33H33N3O8P+. The number of ketones is 1. The highest BCUT2D eigenvalue weighted by molar-refractivity contribution is 7.46. The van der Waals surface area contributed by atoms with Gasteiger partial charge in [0.2, 0.25) is 5.36 Å². The minimum atomic E-state index is -4.69. The summed E-state index contributed by atoms with van der Waals surface area (Å²) in [6.45, 7) is -0.0756. The molecule has 232 valence electrons. The third-order valence-electron chi connectivity index (χ3n) is 7.45. The molecule has 0 bridgehead atoms. The zero-order valence-electron chi connectivity index (χ0n) is 25.4. The fourth-order valence-corrected chi connectivity index (χ4v) is 5.52. The summed E-state index contributed by atoms with van der Waals surface area (Å²) < 4.78 is 24.0. The molecule has 3 aromatic carbocycles. The molecule has 0 saturated carbocycles. The second-order valence-electron chi connectivity index (χ2n) is 11.0. The van der Waals surface area contributed by atoms with Gasteiger partial charge < -0.3 is 23.8 Å². The van der Waals surface area contributed by atoms with Crippen LogP contribution in [0.25, 0.3) is 33.4 Å². The summed E-state index contributed by atoms with van der Waals surface area (Å²) >= 11 is 0. The van der Waals surface area contributed by atoms with Crippen LogP contribution in [0, 0.1) is 0 Å². The first-order chi connectivity index (χ1) is 21.2. The molecule has 0 aromatic heterocycles. The molecule has 3 N–H and O–H groups in total. The third kappa shape index (κ3) is 6.76. The van der Waals surface area contributed by atoms with Gasteiger partial charge in [-0.05, 0) is 54.1 Å². The number of carboxylic acid groups (broad SMARTS) is 1. The van der Waals surface area contributed by atoms with E-state index in [1.54, 1.807) is 36.2 Å². The van der Waals surface area contributed by atoms with Gasteiger partial charge in [0.25, 0.3) is 0 Å². The third-order valence-corrected chi connectivity index (χ3v) is 7.89. The maximum atomic E-state index is 13.3. The quantitative estimate of drug-likeness (QED) is 0.0900. The number of rotatable bonds is 9. The number of carbonyl (C=O) groups excluding carboxylic acids is 1. The summed E-state index contributed by atoms with van der Waals surface area (Å²) in [7, 11) is 4.70. The van der Waals surface area contributed by atoms with E-state index in [-0.39, 0.29) is 29.2 Å². The number of anilines is 2. The van der Waals surface area contributed by atoms with Crippen LogP contribution in [-0.2, 0) is 4.57 Å². The maximum Gasteiger partial charge on any atom is 0.524 e. The van der Waals surface area contributed by atoms with Crippen molar-refractivity contribution >= 4 is 41.9 Å². The van der Waals surface area contributed by atoms with Crippen LogP contribution >= 0.6 is 7.82 Å². The zero-order chi connectivity index (χ0) is 32.6. The molecule has 0 unspecified atom stereocenters. The van der Waals surface area contributed by atoms with E-state index < -0.39 is 13.8 Å². The van der Waals surface area contributed by atoms with Gasteiger partial charge in [0.1, 0.15) is 31.2 Å². The van der Waals surface area contributed by atoms with Gasteiger partial charge in [-0.2, -0.15) is 0 Å². The van der Waals surface area contributed by atoms with Crippen LogP contribution in [0.3, 0.4) is 0 Å². The number of fused-ring (bicyclic) bond motifs is 2. The molecule has 2 aliphatic rings. The van der Waals surface area contributed by atoms with Crippen molar-refractivity contribution < 1.29 is 38.0 Å². The lowest BCUT2D eigenvalue weighted by molar-refractivity contribution is 0.0697. The van der Waals surface area contributed by atoms with Gasteiger partial charge in [0.05, 0.1) is 18.2 Å². The Morgan fingerprint density at radius 1 is 0.867 bits per heavy atom. The first-order valence-corrected chi connectivity index (χ1v) is 15.4. The van der Waals surface area contributed by atoms with Gasteiger partial charge >= 0.3 is 13.8 Å². The van der Waals surface area contributed by atoms with Crippen molar-refractivity contribution in [3.63, 3.8) is 0 Å². The normalized spacial score (nSPS) is 11.4. The molecule has 11 nitrogen and oxygen atoms in total. The number of phosphoric acid groups is 1. The van der Waals surface area contributed by atoms with E-state index >= 15 is 0 Å². The minimum Gasteiger partial charge on any atom is -0.478 e. The molecule has 0 fully saturated rings. The molecule has 1 heterocycles. The highest BCUT2D eigenvalue weighted by Crippen LogP contribution is 2.42. The predicted octanol–water partition coefficient (Wildman–Crippen LogP) is 4.79. The highest BCUT2D eigenvalue weighted by atomic mass is 31.2. The lowest BCUT2D eigenvalue weighted by atomic mass is 9.89. The second kappa shape index (κ2) is 12.2. The van der Waals surface area contributed by atoms with Crippen LogP contribution in [0.4, 0.5) is 11.4 Å². The molecule has 0 saturated heterocycles. The van der Waals surface area contributed by atoms with Crippen LogP contribution in [-0.4, -0.2) is 68.4 Å². The van der Waals surface area contributed by atoms with Crippen molar-refractivity contribution in [3.8, 4) is 28.2 Å². The van der Waals surface area contributed by atoms with E-state index in [2.05, 4.69) is 4.52 Å². The lowest BCUT2D eigenvalue weighted by Gasteiger charge is -2.20. The van der Waals surface area contributed by atoms with Crippen molar-refractivity contribution in [1.29, 1.82) is 0 Å². The molecule has 0 radical (unpaired) electrons. The molecule has 12 heteroatoms. The number of aromatic carboxylic acids is 1. The van der Waals surface area contributed by atoms with E-state index in [0.717, 1.165) is 22.0 Å². The summed E-state index contributed by atoms with van der Waals surface area (Å²) in [6, 6.07) is 22.1.